The number of nitrogens with two attached hydrogens (primary N) is 1. The summed E-state index contributed by atoms with van der Waals surface area (Å²) in [5, 5.41) is 12.6. The molecule has 2 rings (SSSR count). The summed E-state index contributed by atoms with van der Waals surface area (Å²) in [5.74, 6) is -1.75. The van der Waals surface area contributed by atoms with E-state index in [0.717, 1.165) is 0 Å². The summed E-state index contributed by atoms with van der Waals surface area (Å²) in [4.78, 5) is 21.7. The summed E-state index contributed by atoms with van der Waals surface area (Å²) in [5.41, 5.74) is 6.02. The molecule has 6 nitrogen and oxygen atoms in total. The molecule has 1 aromatic heterocycles. The molecule has 0 saturated heterocycles. The first-order valence-corrected chi connectivity index (χ1v) is 5.32. The van der Waals surface area contributed by atoms with E-state index >= 15 is 0 Å². The molecule has 4 N–H and O–H groups in total. The molecule has 0 fully saturated rings. The number of para-hydroxylation sites is 1. The average molecular weight is 248 g/mol. The van der Waals surface area contributed by atoms with Gasteiger partial charge in [-0.05, 0) is 6.07 Å². The second-order valence-electron chi connectivity index (χ2n) is 3.78. The minimum atomic E-state index is -1.14. The summed E-state index contributed by atoms with van der Waals surface area (Å²) in [6.45, 7) is 0.195. The molecule has 1 heterocycles. The number of carboxylic acid groups (broad SMARTS) is 1. The largest absolute Gasteiger partial charge is 0.475 e. The van der Waals surface area contributed by atoms with Crippen LogP contribution in [-0.2, 0) is 11.3 Å². The van der Waals surface area contributed by atoms with Gasteiger partial charge in [0.25, 0.3) is 0 Å². The van der Waals surface area contributed by atoms with Crippen LogP contribution < -0.4 is 11.1 Å². The Morgan fingerprint density at radius 2 is 2.06 bits per heavy atom. The lowest BCUT2D eigenvalue weighted by Crippen LogP contribution is -2.28. The minimum Gasteiger partial charge on any atom is -0.475 e. The smallest absolute Gasteiger partial charge is 0.372 e. The number of furan rings is 1. The topological polar surface area (TPSA) is 106 Å². The number of amides is 1. The Bertz CT molecular complexity index is 603. The van der Waals surface area contributed by atoms with Gasteiger partial charge in [0.05, 0.1) is 6.54 Å². The Morgan fingerprint density at radius 1 is 1.33 bits per heavy atom. The van der Waals surface area contributed by atoms with E-state index in [1.807, 2.05) is 0 Å². The zero-order chi connectivity index (χ0) is 13.1. The van der Waals surface area contributed by atoms with Gasteiger partial charge >= 0.3 is 5.97 Å². The van der Waals surface area contributed by atoms with Gasteiger partial charge in [0.2, 0.25) is 11.7 Å². The van der Waals surface area contributed by atoms with E-state index < -0.39 is 11.9 Å². The van der Waals surface area contributed by atoms with Crippen LogP contribution in [0.4, 0.5) is 0 Å². The predicted octanol–water partition coefficient (Wildman–Crippen LogP) is 0.706. The summed E-state index contributed by atoms with van der Waals surface area (Å²) in [6, 6.07) is 7.02. The van der Waals surface area contributed by atoms with E-state index in [4.69, 9.17) is 15.3 Å². The number of carbonyl (C=O) groups excluding carboxylic acids is 1. The van der Waals surface area contributed by atoms with Crippen molar-refractivity contribution in [3.63, 3.8) is 0 Å². The SMILES string of the molecule is NC(=O)CNCc1c(C(=O)O)oc2ccccc12. The Kier molecular flexibility index (Phi) is 3.29. The van der Waals surface area contributed by atoms with Crippen molar-refractivity contribution in [2.45, 2.75) is 6.54 Å². The molecule has 0 bridgehead atoms. The number of hydrogen-bond acceptors (Lipinski definition) is 4. The molecule has 2 aromatic rings. The summed E-state index contributed by atoms with van der Waals surface area (Å²) < 4.78 is 5.26. The van der Waals surface area contributed by atoms with E-state index in [1.54, 1.807) is 24.3 Å². The molecule has 0 atom stereocenters. The summed E-state index contributed by atoms with van der Waals surface area (Å²) in [6.07, 6.45) is 0. The second kappa shape index (κ2) is 4.89. The fourth-order valence-electron chi connectivity index (χ4n) is 1.76. The van der Waals surface area contributed by atoms with E-state index in [0.29, 0.717) is 16.5 Å². The maximum atomic E-state index is 11.1. The molecule has 1 amide bonds. The molecular weight excluding hydrogens is 236 g/mol. The van der Waals surface area contributed by atoms with Crippen LogP contribution in [0.25, 0.3) is 11.0 Å². The van der Waals surface area contributed by atoms with Gasteiger partial charge in [0, 0.05) is 17.5 Å². The fourth-order valence-corrected chi connectivity index (χ4v) is 1.76. The van der Waals surface area contributed by atoms with Crippen molar-refractivity contribution >= 4 is 22.8 Å². The first-order chi connectivity index (χ1) is 8.59. The van der Waals surface area contributed by atoms with Crippen LogP contribution in [0.2, 0.25) is 0 Å². The maximum Gasteiger partial charge on any atom is 0.372 e. The molecule has 18 heavy (non-hydrogen) atoms. The molecule has 0 saturated carbocycles. The highest BCUT2D eigenvalue weighted by Crippen LogP contribution is 2.25. The lowest BCUT2D eigenvalue weighted by Gasteiger charge is -2.01. The quantitative estimate of drug-likeness (QED) is 0.722. The fraction of sp³-hybridized carbons (Fsp3) is 0.167. The Labute approximate surface area is 102 Å². The molecule has 0 radical (unpaired) electrons. The van der Waals surface area contributed by atoms with Crippen molar-refractivity contribution in [2.75, 3.05) is 6.54 Å². The molecule has 0 aliphatic rings. The van der Waals surface area contributed by atoms with Crippen molar-refractivity contribution in [1.29, 1.82) is 0 Å². The number of hydrogen-bond donors (Lipinski definition) is 3. The summed E-state index contributed by atoms with van der Waals surface area (Å²) >= 11 is 0. The highest BCUT2D eigenvalue weighted by Gasteiger charge is 2.19. The summed E-state index contributed by atoms with van der Waals surface area (Å²) in [7, 11) is 0. The van der Waals surface area contributed by atoms with Crippen LogP contribution in [0.5, 0.6) is 0 Å². The van der Waals surface area contributed by atoms with Crippen LogP contribution in [0.1, 0.15) is 16.1 Å². The first kappa shape index (κ1) is 12.1. The number of primary amides is 1. The van der Waals surface area contributed by atoms with Crippen molar-refractivity contribution in [2.24, 2.45) is 5.73 Å². The van der Waals surface area contributed by atoms with Crippen LogP contribution in [0, 0.1) is 0 Å². The lowest BCUT2D eigenvalue weighted by molar-refractivity contribution is -0.117. The number of benzene rings is 1. The molecule has 0 aliphatic carbocycles. The van der Waals surface area contributed by atoms with Crippen molar-refractivity contribution in [3.05, 3.63) is 35.6 Å². The average Bonchev–Trinajstić information content (AvgIpc) is 2.68. The van der Waals surface area contributed by atoms with Crippen molar-refractivity contribution in [1.82, 2.24) is 5.32 Å². The highest BCUT2D eigenvalue weighted by atomic mass is 16.4. The van der Waals surface area contributed by atoms with E-state index in [-0.39, 0.29) is 18.8 Å². The molecule has 1 aromatic carbocycles. The van der Waals surface area contributed by atoms with Gasteiger partial charge < -0.3 is 20.6 Å². The zero-order valence-corrected chi connectivity index (χ0v) is 9.47. The predicted molar refractivity (Wildman–Crippen MR) is 64.1 cm³/mol. The third-order valence-corrected chi connectivity index (χ3v) is 2.49. The Balaban J connectivity index is 2.36. The van der Waals surface area contributed by atoms with Gasteiger partial charge in [0.1, 0.15) is 5.58 Å². The van der Waals surface area contributed by atoms with Gasteiger partial charge in [-0.25, -0.2) is 4.79 Å². The van der Waals surface area contributed by atoms with Crippen LogP contribution in [0.3, 0.4) is 0 Å². The monoisotopic (exact) mass is 248 g/mol. The van der Waals surface area contributed by atoms with Crippen molar-refractivity contribution < 1.29 is 19.1 Å². The van der Waals surface area contributed by atoms with Gasteiger partial charge in [-0.15, -0.1) is 0 Å². The number of nitrogens with one attached hydrogen (secondary N) is 1. The Morgan fingerprint density at radius 3 is 2.72 bits per heavy atom. The third kappa shape index (κ3) is 2.33. The van der Waals surface area contributed by atoms with Gasteiger partial charge in [-0.3, -0.25) is 4.79 Å². The minimum absolute atomic E-state index is 0.0153. The molecule has 6 heteroatoms. The Hall–Kier alpha value is -2.34. The first-order valence-electron chi connectivity index (χ1n) is 5.32. The van der Waals surface area contributed by atoms with Crippen molar-refractivity contribution in [3.8, 4) is 0 Å². The molecule has 94 valence electrons. The van der Waals surface area contributed by atoms with Gasteiger partial charge in [-0.2, -0.15) is 0 Å². The maximum absolute atomic E-state index is 11.1. The standard InChI is InChI=1S/C12H12N2O4/c13-10(15)6-14-5-8-7-3-1-2-4-9(7)18-11(8)12(16)17/h1-4,14H,5-6H2,(H2,13,15)(H,16,17). The second-order valence-corrected chi connectivity index (χ2v) is 3.78. The third-order valence-electron chi connectivity index (χ3n) is 2.49. The number of carbonyl (C=O) groups is 2. The van der Waals surface area contributed by atoms with Crippen LogP contribution >= 0.6 is 0 Å². The molecular formula is C12H12N2O4. The number of fused-ring (bicyclic) bond motifs is 1. The lowest BCUT2D eigenvalue weighted by atomic mass is 10.1. The normalized spacial score (nSPS) is 10.7. The van der Waals surface area contributed by atoms with E-state index in [9.17, 15) is 9.59 Å². The molecule has 0 spiro atoms. The van der Waals surface area contributed by atoms with E-state index in [1.165, 1.54) is 0 Å². The highest BCUT2D eigenvalue weighted by molar-refractivity contribution is 5.95. The molecule has 0 unspecified atom stereocenters. The van der Waals surface area contributed by atoms with Crippen LogP contribution in [-0.4, -0.2) is 23.5 Å². The van der Waals surface area contributed by atoms with Gasteiger partial charge in [0.15, 0.2) is 0 Å². The zero-order valence-electron chi connectivity index (χ0n) is 9.47. The van der Waals surface area contributed by atoms with E-state index in [2.05, 4.69) is 5.32 Å². The number of aromatic carboxylic acids is 1. The number of rotatable bonds is 5. The van der Waals surface area contributed by atoms with Crippen LogP contribution in [0.15, 0.2) is 28.7 Å². The number of carboxylic acids is 1. The van der Waals surface area contributed by atoms with Gasteiger partial charge in [-0.1, -0.05) is 18.2 Å². The molecule has 0 aliphatic heterocycles.